The quantitative estimate of drug-likeness (QED) is 0.799. The van der Waals surface area contributed by atoms with Crippen molar-refractivity contribution in [3.8, 4) is 0 Å². The highest BCUT2D eigenvalue weighted by atomic mass is 79.9. The first-order chi connectivity index (χ1) is 10.4. The summed E-state index contributed by atoms with van der Waals surface area (Å²) in [6.07, 6.45) is 2.20. The molecule has 1 saturated heterocycles. The molecule has 4 nitrogen and oxygen atoms in total. The van der Waals surface area contributed by atoms with Gasteiger partial charge >= 0.3 is 6.18 Å². The number of nitrogens with zero attached hydrogens (tertiary/aromatic N) is 4. The maximum atomic E-state index is 12.7. The molecule has 0 aromatic carbocycles. The maximum absolute atomic E-state index is 12.7. The molecule has 0 spiro atoms. The van der Waals surface area contributed by atoms with Crippen molar-refractivity contribution in [3.63, 3.8) is 0 Å². The van der Waals surface area contributed by atoms with Gasteiger partial charge in [0.15, 0.2) is 5.69 Å². The number of hydrogen-bond donors (Lipinski definition) is 0. The maximum Gasteiger partial charge on any atom is 0.435 e. The van der Waals surface area contributed by atoms with Gasteiger partial charge in [-0.25, -0.2) is 0 Å². The van der Waals surface area contributed by atoms with Gasteiger partial charge in [0.2, 0.25) is 0 Å². The zero-order valence-corrected chi connectivity index (χ0v) is 13.2. The standard InChI is InChI=1S/C14H14BrF3N4/c15-10-6-12(8-19-7-10)21-4-1-2-11(9-21)22-5-3-13(20-22)14(16,17)18/h3,5-8,11H,1-2,4,9H2. The van der Waals surface area contributed by atoms with Gasteiger partial charge in [0, 0.05) is 30.0 Å². The molecule has 118 valence electrons. The summed E-state index contributed by atoms with van der Waals surface area (Å²) in [5.74, 6) is 0. The number of aromatic nitrogens is 3. The molecule has 0 aliphatic carbocycles. The number of piperidine rings is 1. The fraction of sp³-hybridized carbons (Fsp3) is 0.429. The summed E-state index contributed by atoms with van der Waals surface area (Å²) < 4.78 is 40.3. The minimum atomic E-state index is -4.40. The molecule has 1 aliphatic rings. The molecule has 1 unspecified atom stereocenters. The van der Waals surface area contributed by atoms with Crippen LogP contribution >= 0.6 is 15.9 Å². The molecule has 0 bridgehead atoms. The van der Waals surface area contributed by atoms with Crippen molar-refractivity contribution in [2.75, 3.05) is 18.0 Å². The number of alkyl halides is 3. The average molecular weight is 375 g/mol. The van der Waals surface area contributed by atoms with Gasteiger partial charge in [-0.1, -0.05) is 0 Å². The van der Waals surface area contributed by atoms with Gasteiger partial charge in [-0.15, -0.1) is 0 Å². The normalized spacial score (nSPS) is 19.5. The molecule has 2 aromatic heterocycles. The van der Waals surface area contributed by atoms with Crippen LogP contribution in [0.5, 0.6) is 0 Å². The first-order valence-corrected chi connectivity index (χ1v) is 7.70. The minimum absolute atomic E-state index is 0.0659. The van der Waals surface area contributed by atoms with E-state index in [0.29, 0.717) is 6.54 Å². The van der Waals surface area contributed by atoms with Crippen molar-refractivity contribution in [2.24, 2.45) is 0 Å². The lowest BCUT2D eigenvalue weighted by atomic mass is 10.1. The third-order valence-electron chi connectivity index (χ3n) is 3.73. The predicted molar refractivity (Wildman–Crippen MR) is 79.7 cm³/mol. The molecule has 1 atom stereocenters. The van der Waals surface area contributed by atoms with E-state index in [9.17, 15) is 13.2 Å². The Balaban J connectivity index is 1.77. The van der Waals surface area contributed by atoms with Crippen LogP contribution < -0.4 is 4.90 Å². The number of hydrogen-bond acceptors (Lipinski definition) is 3. The van der Waals surface area contributed by atoms with Crippen LogP contribution in [0.4, 0.5) is 18.9 Å². The van der Waals surface area contributed by atoms with Gasteiger partial charge in [-0.3, -0.25) is 9.67 Å². The molecule has 0 radical (unpaired) electrons. The number of halogens is 4. The van der Waals surface area contributed by atoms with Crippen LogP contribution in [0.3, 0.4) is 0 Å². The van der Waals surface area contributed by atoms with E-state index in [2.05, 4.69) is 30.9 Å². The molecule has 3 heterocycles. The van der Waals surface area contributed by atoms with Crippen molar-refractivity contribution in [1.82, 2.24) is 14.8 Å². The number of anilines is 1. The Morgan fingerprint density at radius 2 is 2.09 bits per heavy atom. The first kappa shape index (κ1) is 15.3. The Bertz CT molecular complexity index is 656. The molecular formula is C14H14BrF3N4. The van der Waals surface area contributed by atoms with E-state index in [4.69, 9.17) is 0 Å². The molecule has 0 N–H and O–H groups in total. The van der Waals surface area contributed by atoms with Crippen molar-refractivity contribution in [2.45, 2.75) is 25.1 Å². The molecular weight excluding hydrogens is 361 g/mol. The van der Waals surface area contributed by atoms with Crippen molar-refractivity contribution in [3.05, 3.63) is 40.9 Å². The molecule has 1 fully saturated rings. The Kier molecular flexibility index (Phi) is 4.12. The second-order valence-electron chi connectivity index (χ2n) is 5.28. The first-order valence-electron chi connectivity index (χ1n) is 6.91. The van der Waals surface area contributed by atoms with Gasteiger partial charge in [0.25, 0.3) is 0 Å². The Hall–Kier alpha value is -1.57. The van der Waals surface area contributed by atoms with E-state index in [0.717, 1.165) is 35.6 Å². The summed E-state index contributed by atoms with van der Waals surface area (Å²) in [6.45, 7) is 1.49. The lowest BCUT2D eigenvalue weighted by molar-refractivity contribution is -0.141. The van der Waals surface area contributed by atoms with Gasteiger partial charge in [0.05, 0.1) is 17.9 Å². The number of rotatable bonds is 2. The summed E-state index contributed by atoms with van der Waals surface area (Å²) >= 11 is 3.38. The highest BCUT2D eigenvalue weighted by Gasteiger charge is 2.34. The van der Waals surface area contributed by atoms with Crippen LogP contribution in [0, 0.1) is 0 Å². The van der Waals surface area contributed by atoms with E-state index >= 15 is 0 Å². The van der Waals surface area contributed by atoms with Crippen LogP contribution in [0.1, 0.15) is 24.6 Å². The minimum Gasteiger partial charge on any atom is -0.368 e. The summed E-state index contributed by atoms with van der Waals surface area (Å²) in [5.41, 5.74) is 0.121. The fourth-order valence-electron chi connectivity index (χ4n) is 2.67. The highest BCUT2D eigenvalue weighted by Crippen LogP contribution is 2.30. The topological polar surface area (TPSA) is 34.0 Å². The second-order valence-corrected chi connectivity index (χ2v) is 6.20. The van der Waals surface area contributed by atoms with Gasteiger partial charge in [0.1, 0.15) is 0 Å². The molecule has 22 heavy (non-hydrogen) atoms. The lowest BCUT2D eigenvalue weighted by Crippen LogP contribution is -2.37. The van der Waals surface area contributed by atoms with Crippen LogP contribution in [0.25, 0.3) is 0 Å². The summed E-state index contributed by atoms with van der Waals surface area (Å²) in [5, 5.41) is 3.69. The molecule has 1 aliphatic heterocycles. The largest absolute Gasteiger partial charge is 0.435 e. The summed E-state index contributed by atoms with van der Waals surface area (Å²) in [4.78, 5) is 6.26. The van der Waals surface area contributed by atoms with Crippen molar-refractivity contribution < 1.29 is 13.2 Å². The fourth-order valence-corrected chi connectivity index (χ4v) is 3.02. The lowest BCUT2D eigenvalue weighted by Gasteiger charge is -2.34. The van der Waals surface area contributed by atoms with Crippen LogP contribution in [0.15, 0.2) is 35.2 Å². The Morgan fingerprint density at radius 3 is 2.77 bits per heavy atom. The van der Waals surface area contributed by atoms with E-state index in [1.165, 1.54) is 10.9 Å². The van der Waals surface area contributed by atoms with E-state index in [1.54, 1.807) is 12.4 Å². The molecule has 2 aromatic rings. The van der Waals surface area contributed by atoms with Crippen LogP contribution in [-0.4, -0.2) is 27.9 Å². The van der Waals surface area contributed by atoms with Gasteiger partial charge in [-0.2, -0.15) is 18.3 Å². The second kappa shape index (κ2) is 5.91. The third kappa shape index (κ3) is 3.26. The summed E-state index contributed by atoms with van der Waals surface area (Å²) in [7, 11) is 0. The third-order valence-corrected chi connectivity index (χ3v) is 4.16. The monoisotopic (exact) mass is 374 g/mol. The molecule has 3 rings (SSSR count). The van der Waals surface area contributed by atoms with Crippen molar-refractivity contribution >= 4 is 21.6 Å². The molecule has 8 heteroatoms. The van der Waals surface area contributed by atoms with E-state index in [-0.39, 0.29) is 6.04 Å². The summed E-state index contributed by atoms with van der Waals surface area (Å²) in [6, 6.07) is 2.92. The highest BCUT2D eigenvalue weighted by molar-refractivity contribution is 9.10. The Morgan fingerprint density at radius 1 is 1.27 bits per heavy atom. The molecule has 0 amide bonds. The predicted octanol–water partition coefficient (Wildman–Crippen LogP) is 3.90. The average Bonchev–Trinajstić information content (AvgIpc) is 2.97. The van der Waals surface area contributed by atoms with Crippen molar-refractivity contribution in [1.29, 1.82) is 0 Å². The molecule has 0 saturated carbocycles. The smallest absolute Gasteiger partial charge is 0.368 e. The van der Waals surface area contributed by atoms with E-state index in [1.807, 2.05) is 6.07 Å². The van der Waals surface area contributed by atoms with Gasteiger partial charge < -0.3 is 4.90 Å². The Labute approximate surface area is 134 Å². The van der Waals surface area contributed by atoms with Crippen LogP contribution in [0.2, 0.25) is 0 Å². The zero-order valence-electron chi connectivity index (χ0n) is 11.6. The van der Waals surface area contributed by atoms with E-state index < -0.39 is 11.9 Å². The zero-order chi connectivity index (χ0) is 15.7. The van der Waals surface area contributed by atoms with Crippen LogP contribution in [-0.2, 0) is 6.18 Å². The SMILES string of the molecule is FC(F)(F)c1ccn(C2CCCN(c3cncc(Br)c3)C2)n1. The number of pyridine rings is 1. The van der Waals surface area contributed by atoms with Gasteiger partial charge in [-0.05, 0) is 40.9 Å².